The van der Waals surface area contributed by atoms with Crippen molar-refractivity contribution in [1.29, 1.82) is 0 Å². The van der Waals surface area contributed by atoms with Crippen LogP contribution in [0.25, 0.3) is 0 Å². The molecular weight excluding hydrogens is 348 g/mol. The molecule has 0 radical (unpaired) electrons. The highest BCUT2D eigenvalue weighted by Crippen LogP contribution is 2.28. The summed E-state index contributed by atoms with van der Waals surface area (Å²) >= 11 is 0. The van der Waals surface area contributed by atoms with Gasteiger partial charge in [0.25, 0.3) is 5.91 Å². The molecule has 0 unspecified atom stereocenters. The van der Waals surface area contributed by atoms with Gasteiger partial charge in [0.2, 0.25) is 5.91 Å². The van der Waals surface area contributed by atoms with Gasteiger partial charge in [-0.1, -0.05) is 45.0 Å². The largest absolute Gasteiger partial charge is 0.352 e. The number of fused-ring (bicyclic) bond motifs is 1. The summed E-state index contributed by atoms with van der Waals surface area (Å²) in [6, 6.07) is 13.8. The van der Waals surface area contributed by atoms with Crippen LogP contribution in [0.4, 0.5) is 5.69 Å². The Kier molecular flexibility index (Phi) is 6.18. The Balaban J connectivity index is 1.50. The van der Waals surface area contributed by atoms with E-state index in [2.05, 4.69) is 37.5 Å². The van der Waals surface area contributed by atoms with Crippen LogP contribution in [0.2, 0.25) is 0 Å². The van der Waals surface area contributed by atoms with Crippen LogP contribution in [-0.4, -0.2) is 18.4 Å². The van der Waals surface area contributed by atoms with E-state index in [1.807, 2.05) is 36.4 Å². The second kappa shape index (κ2) is 8.59. The van der Waals surface area contributed by atoms with Gasteiger partial charge in [0.1, 0.15) is 0 Å². The Morgan fingerprint density at radius 3 is 2.39 bits per heavy atom. The van der Waals surface area contributed by atoms with E-state index < -0.39 is 0 Å². The third-order valence-electron chi connectivity index (χ3n) is 5.32. The molecule has 0 aliphatic heterocycles. The maximum Gasteiger partial charge on any atom is 0.251 e. The molecule has 0 saturated heterocycles. The zero-order valence-corrected chi connectivity index (χ0v) is 17.1. The van der Waals surface area contributed by atoms with E-state index in [1.54, 1.807) is 0 Å². The molecule has 4 heteroatoms. The summed E-state index contributed by atoms with van der Waals surface area (Å²) in [5, 5.41) is 5.85. The van der Waals surface area contributed by atoms with Gasteiger partial charge in [-0.2, -0.15) is 0 Å². The highest BCUT2D eigenvalue weighted by Gasteiger charge is 2.16. The first-order valence-electron chi connectivity index (χ1n) is 10.1. The van der Waals surface area contributed by atoms with Gasteiger partial charge >= 0.3 is 0 Å². The third kappa shape index (κ3) is 5.00. The number of carbonyl (C=O) groups is 2. The number of anilines is 1. The van der Waals surface area contributed by atoms with Crippen LogP contribution in [0, 0.1) is 0 Å². The molecule has 1 aliphatic rings. The van der Waals surface area contributed by atoms with Crippen LogP contribution in [0.3, 0.4) is 0 Å². The summed E-state index contributed by atoms with van der Waals surface area (Å²) in [6.45, 7) is 6.75. The van der Waals surface area contributed by atoms with Crippen LogP contribution in [0.15, 0.2) is 42.5 Å². The molecule has 0 fully saturated rings. The standard InChI is InChI=1S/C24H30N2O2/c1-24(2,3)19-13-11-18(12-14-19)23(28)25-16-15-22(27)26-21-10-6-8-17-7-4-5-9-20(17)21/h6,8,10-14H,4-5,7,9,15-16H2,1-3H3,(H,25,28)(H,26,27). The number of nitrogens with one attached hydrogen (secondary N) is 2. The van der Waals surface area contributed by atoms with E-state index in [0.29, 0.717) is 12.1 Å². The summed E-state index contributed by atoms with van der Waals surface area (Å²) in [5.41, 5.74) is 5.40. The molecule has 2 aromatic rings. The van der Waals surface area contributed by atoms with E-state index in [-0.39, 0.29) is 23.7 Å². The average Bonchev–Trinajstić information content (AvgIpc) is 2.67. The van der Waals surface area contributed by atoms with E-state index >= 15 is 0 Å². The van der Waals surface area contributed by atoms with Crippen LogP contribution >= 0.6 is 0 Å². The topological polar surface area (TPSA) is 58.2 Å². The van der Waals surface area contributed by atoms with Gasteiger partial charge in [0.05, 0.1) is 0 Å². The number of hydrogen-bond acceptors (Lipinski definition) is 2. The van der Waals surface area contributed by atoms with E-state index in [0.717, 1.165) is 18.5 Å². The van der Waals surface area contributed by atoms with Crippen LogP contribution in [-0.2, 0) is 23.1 Å². The van der Waals surface area contributed by atoms with Gasteiger partial charge in [-0.15, -0.1) is 0 Å². The summed E-state index contributed by atoms with van der Waals surface area (Å²) in [7, 11) is 0. The van der Waals surface area contributed by atoms with Gasteiger partial charge in [0, 0.05) is 24.2 Å². The Morgan fingerprint density at radius 2 is 1.68 bits per heavy atom. The van der Waals surface area contributed by atoms with Crippen LogP contribution in [0.1, 0.15) is 67.1 Å². The van der Waals surface area contributed by atoms with E-state index in [4.69, 9.17) is 0 Å². The number of aryl methyl sites for hydroxylation is 1. The maximum atomic E-state index is 12.3. The van der Waals surface area contributed by atoms with Gasteiger partial charge in [-0.25, -0.2) is 0 Å². The Morgan fingerprint density at radius 1 is 0.964 bits per heavy atom. The van der Waals surface area contributed by atoms with Crippen molar-refractivity contribution in [2.45, 2.75) is 58.3 Å². The van der Waals surface area contributed by atoms with Crippen molar-refractivity contribution < 1.29 is 9.59 Å². The number of amides is 2. The predicted octanol–water partition coefficient (Wildman–Crippen LogP) is 4.62. The Labute approximate surface area is 167 Å². The van der Waals surface area contributed by atoms with Crippen molar-refractivity contribution >= 4 is 17.5 Å². The molecule has 28 heavy (non-hydrogen) atoms. The number of hydrogen-bond donors (Lipinski definition) is 2. The van der Waals surface area contributed by atoms with E-state index in [1.165, 1.54) is 29.5 Å². The summed E-state index contributed by atoms with van der Waals surface area (Å²) in [5.74, 6) is -0.215. The van der Waals surface area contributed by atoms with Crippen molar-refractivity contribution in [3.05, 3.63) is 64.7 Å². The molecule has 0 spiro atoms. The molecule has 2 aromatic carbocycles. The average molecular weight is 379 g/mol. The molecule has 3 rings (SSSR count). The lowest BCUT2D eigenvalue weighted by Gasteiger charge is -2.19. The van der Waals surface area contributed by atoms with Crippen LogP contribution < -0.4 is 10.6 Å². The second-order valence-electron chi connectivity index (χ2n) is 8.53. The van der Waals surface area contributed by atoms with Crippen molar-refractivity contribution in [2.24, 2.45) is 0 Å². The molecule has 2 amide bonds. The van der Waals surface area contributed by atoms with Gasteiger partial charge in [-0.3, -0.25) is 9.59 Å². The molecule has 0 saturated carbocycles. The van der Waals surface area contributed by atoms with Gasteiger partial charge < -0.3 is 10.6 Å². The highest BCUT2D eigenvalue weighted by atomic mass is 16.2. The molecular formula is C24H30N2O2. The molecule has 0 heterocycles. The lowest BCUT2D eigenvalue weighted by atomic mass is 9.87. The SMILES string of the molecule is CC(C)(C)c1ccc(C(=O)NCCC(=O)Nc2cccc3c2CCCC3)cc1. The molecule has 0 aromatic heterocycles. The van der Waals surface area contributed by atoms with Crippen molar-refractivity contribution in [3.63, 3.8) is 0 Å². The van der Waals surface area contributed by atoms with Crippen molar-refractivity contribution in [2.75, 3.05) is 11.9 Å². The fourth-order valence-electron chi connectivity index (χ4n) is 3.62. The molecule has 0 bridgehead atoms. The minimum Gasteiger partial charge on any atom is -0.352 e. The summed E-state index contributed by atoms with van der Waals surface area (Å²) in [6.07, 6.45) is 4.75. The monoisotopic (exact) mass is 378 g/mol. The minimum atomic E-state index is -0.148. The zero-order chi connectivity index (χ0) is 20.1. The fraction of sp³-hybridized carbons (Fsp3) is 0.417. The first-order chi connectivity index (χ1) is 13.3. The molecule has 0 atom stereocenters. The first kappa shape index (κ1) is 20.1. The zero-order valence-electron chi connectivity index (χ0n) is 17.1. The van der Waals surface area contributed by atoms with Gasteiger partial charge in [-0.05, 0) is 66.0 Å². The lowest BCUT2D eigenvalue weighted by Crippen LogP contribution is -2.28. The lowest BCUT2D eigenvalue weighted by molar-refractivity contribution is -0.116. The molecule has 1 aliphatic carbocycles. The van der Waals surface area contributed by atoms with Crippen LogP contribution in [0.5, 0.6) is 0 Å². The minimum absolute atomic E-state index is 0.0593. The Bertz CT molecular complexity index is 848. The summed E-state index contributed by atoms with van der Waals surface area (Å²) in [4.78, 5) is 24.6. The van der Waals surface area contributed by atoms with Gasteiger partial charge in [0.15, 0.2) is 0 Å². The smallest absolute Gasteiger partial charge is 0.251 e. The quantitative estimate of drug-likeness (QED) is 0.797. The molecule has 4 nitrogen and oxygen atoms in total. The van der Waals surface area contributed by atoms with Crippen molar-refractivity contribution in [1.82, 2.24) is 5.32 Å². The normalized spacial score (nSPS) is 13.5. The molecule has 2 N–H and O–H groups in total. The van der Waals surface area contributed by atoms with Crippen molar-refractivity contribution in [3.8, 4) is 0 Å². The van der Waals surface area contributed by atoms with E-state index in [9.17, 15) is 9.59 Å². The number of rotatable bonds is 5. The Hall–Kier alpha value is -2.62. The fourth-order valence-corrected chi connectivity index (χ4v) is 3.62. The number of benzene rings is 2. The first-order valence-corrected chi connectivity index (χ1v) is 10.1. The maximum absolute atomic E-state index is 12.3. The predicted molar refractivity (Wildman–Crippen MR) is 114 cm³/mol. The summed E-state index contributed by atoms with van der Waals surface area (Å²) < 4.78 is 0. The molecule has 148 valence electrons. The second-order valence-corrected chi connectivity index (χ2v) is 8.53. The highest BCUT2D eigenvalue weighted by molar-refractivity contribution is 5.95. The third-order valence-corrected chi connectivity index (χ3v) is 5.32. The number of carbonyl (C=O) groups excluding carboxylic acids is 2.